The zero-order valence-electron chi connectivity index (χ0n) is 15.7. The van der Waals surface area contributed by atoms with Crippen molar-refractivity contribution in [3.05, 3.63) is 48.0 Å². The third kappa shape index (κ3) is 5.14. The minimum atomic E-state index is -3.69. The Morgan fingerprint density at radius 1 is 1.07 bits per heavy atom. The lowest BCUT2D eigenvalue weighted by atomic mass is 10.2. The van der Waals surface area contributed by atoms with E-state index in [2.05, 4.69) is 15.4 Å². The molecule has 8 nitrogen and oxygen atoms in total. The highest BCUT2D eigenvalue weighted by Gasteiger charge is 2.16. The van der Waals surface area contributed by atoms with E-state index in [9.17, 15) is 13.2 Å². The number of hydrogen-bond acceptors (Lipinski definition) is 5. The number of ether oxygens (including phenoxy) is 2. The van der Waals surface area contributed by atoms with Crippen LogP contribution in [0.4, 0.5) is 10.5 Å². The molecule has 0 saturated carbocycles. The number of sulfonamides is 1. The van der Waals surface area contributed by atoms with E-state index in [-0.39, 0.29) is 24.3 Å². The second-order valence-corrected chi connectivity index (χ2v) is 8.53. The van der Waals surface area contributed by atoms with E-state index in [0.717, 1.165) is 5.56 Å². The number of nitrogens with one attached hydrogen (secondary N) is 3. The normalized spacial score (nSPS) is 12.8. The molecule has 2 aromatic carbocycles. The monoisotopic (exact) mass is 405 g/mol. The van der Waals surface area contributed by atoms with Crippen LogP contribution in [-0.4, -0.2) is 27.8 Å². The lowest BCUT2D eigenvalue weighted by Gasteiger charge is -2.11. The number of benzene rings is 2. The number of rotatable bonds is 7. The molecular formula is C19H23N3O5S. The summed E-state index contributed by atoms with van der Waals surface area (Å²) in [6, 6.07) is 10.9. The van der Waals surface area contributed by atoms with Crippen LogP contribution in [0.1, 0.15) is 19.4 Å². The Kier molecular flexibility index (Phi) is 6.05. The van der Waals surface area contributed by atoms with Crippen molar-refractivity contribution >= 4 is 21.7 Å². The van der Waals surface area contributed by atoms with Gasteiger partial charge in [0.15, 0.2) is 11.5 Å². The molecule has 0 saturated heterocycles. The molecule has 0 aliphatic carbocycles. The summed E-state index contributed by atoms with van der Waals surface area (Å²) < 4.78 is 38.0. The molecular weight excluding hydrogens is 382 g/mol. The van der Waals surface area contributed by atoms with E-state index >= 15 is 0 Å². The van der Waals surface area contributed by atoms with Crippen molar-refractivity contribution in [2.24, 2.45) is 5.92 Å². The van der Waals surface area contributed by atoms with E-state index in [1.165, 1.54) is 12.1 Å². The number of urea groups is 1. The van der Waals surface area contributed by atoms with Crippen LogP contribution < -0.4 is 24.8 Å². The number of fused-ring (bicyclic) bond motifs is 1. The molecule has 0 radical (unpaired) electrons. The predicted molar refractivity (Wildman–Crippen MR) is 105 cm³/mol. The van der Waals surface area contributed by atoms with E-state index in [4.69, 9.17) is 9.47 Å². The van der Waals surface area contributed by atoms with Crippen LogP contribution in [0.3, 0.4) is 0 Å². The Hall–Kier alpha value is -2.78. The molecule has 0 bridgehead atoms. The fraction of sp³-hybridized carbons (Fsp3) is 0.316. The summed E-state index contributed by atoms with van der Waals surface area (Å²) in [4.78, 5) is 11.9. The van der Waals surface area contributed by atoms with E-state index < -0.39 is 10.0 Å². The molecule has 150 valence electrons. The van der Waals surface area contributed by atoms with Crippen molar-refractivity contribution in [3.63, 3.8) is 0 Å². The Labute approximate surface area is 164 Å². The average molecular weight is 405 g/mol. The number of hydrogen-bond donors (Lipinski definition) is 3. The molecule has 1 aliphatic heterocycles. The lowest BCUT2D eigenvalue weighted by molar-refractivity contribution is 0.174. The van der Waals surface area contributed by atoms with Gasteiger partial charge in [0, 0.05) is 18.8 Å². The van der Waals surface area contributed by atoms with Crippen LogP contribution >= 0.6 is 0 Å². The van der Waals surface area contributed by atoms with Crippen molar-refractivity contribution in [3.8, 4) is 11.5 Å². The molecule has 0 fully saturated rings. The van der Waals surface area contributed by atoms with Gasteiger partial charge in [-0.2, -0.15) is 0 Å². The lowest BCUT2D eigenvalue weighted by Crippen LogP contribution is -2.31. The molecule has 0 spiro atoms. The minimum absolute atomic E-state index is 0.112. The van der Waals surface area contributed by atoms with Gasteiger partial charge in [0.1, 0.15) is 0 Å². The first kappa shape index (κ1) is 20.0. The van der Waals surface area contributed by atoms with Gasteiger partial charge in [0.25, 0.3) is 0 Å². The van der Waals surface area contributed by atoms with Crippen LogP contribution in [-0.2, 0) is 16.6 Å². The zero-order chi connectivity index (χ0) is 20.1. The summed E-state index contributed by atoms with van der Waals surface area (Å²) in [5.74, 6) is 1.59. The maximum Gasteiger partial charge on any atom is 0.319 e. The average Bonchev–Trinajstić information content (AvgIpc) is 3.13. The minimum Gasteiger partial charge on any atom is -0.454 e. The van der Waals surface area contributed by atoms with Gasteiger partial charge in [-0.25, -0.2) is 17.9 Å². The molecule has 2 aromatic rings. The second kappa shape index (κ2) is 8.49. The van der Waals surface area contributed by atoms with Gasteiger partial charge in [0.05, 0.1) is 4.90 Å². The topological polar surface area (TPSA) is 106 Å². The summed E-state index contributed by atoms with van der Waals surface area (Å²) in [6.07, 6.45) is 0. The van der Waals surface area contributed by atoms with Crippen molar-refractivity contribution in [1.29, 1.82) is 0 Å². The third-order valence-electron chi connectivity index (χ3n) is 4.00. The molecule has 1 heterocycles. The van der Waals surface area contributed by atoms with Gasteiger partial charge in [-0.15, -0.1) is 0 Å². The predicted octanol–water partition coefficient (Wildman–Crippen LogP) is 2.67. The van der Waals surface area contributed by atoms with Crippen molar-refractivity contribution in [2.45, 2.75) is 25.3 Å². The van der Waals surface area contributed by atoms with Gasteiger partial charge in [-0.05, 0) is 47.9 Å². The summed E-state index contributed by atoms with van der Waals surface area (Å²) in [5, 5.41) is 5.40. The van der Waals surface area contributed by atoms with E-state index in [0.29, 0.717) is 29.6 Å². The Balaban J connectivity index is 1.58. The Morgan fingerprint density at radius 2 is 1.79 bits per heavy atom. The largest absolute Gasteiger partial charge is 0.454 e. The molecule has 3 N–H and O–H groups in total. The van der Waals surface area contributed by atoms with Crippen molar-refractivity contribution in [2.75, 3.05) is 18.7 Å². The van der Waals surface area contributed by atoms with Crippen LogP contribution in [0.15, 0.2) is 47.4 Å². The maximum atomic E-state index is 12.5. The van der Waals surface area contributed by atoms with Crippen LogP contribution in [0, 0.1) is 5.92 Å². The van der Waals surface area contributed by atoms with Crippen LogP contribution in [0.5, 0.6) is 11.5 Å². The molecule has 1 aliphatic rings. The highest BCUT2D eigenvalue weighted by Crippen LogP contribution is 2.32. The van der Waals surface area contributed by atoms with E-state index in [1.807, 2.05) is 13.8 Å². The molecule has 0 atom stereocenters. The molecule has 0 unspecified atom stereocenters. The van der Waals surface area contributed by atoms with Crippen LogP contribution in [0.25, 0.3) is 0 Å². The molecule has 3 rings (SSSR count). The van der Waals surface area contributed by atoms with Gasteiger partial charge in [-0.3, -0.25) is 0 Å². The van der Waals surface area contributed by atoms with Gasteiger partial charge < -0.3 is 20.1 Å². The molecule has 0 aromatic heterocycles. The molecule has 9 heteroatoms. The third-order valence-corrected chi connectivity index (χ3v) is 5.41. The number of carbonyl (C=O) groups excluding carboxylic acids is 1. The number of amides is 2. The number of anilines is 1. The Bertz CT molecular complexity index is 943. The summed E-state index contributed by atoms with van der Waals surface area (Å²) in [6.45, 7) is 4.84. The van der Waals surface area contributed by atoms with Gasteiger partial charge in [-0.1, -0.05) is 19.9 Å². The summed E-state index contributed by atoms with van der Waals surface area (Å²) in [7, 11) is -3.69. The fourth-order valence-corrected chi connectivity index (χ4v) is 3.52. The summed E-state index contributed by atoms with van der Waals surface area (Å²) in [5.41, 5.74) is 1.27. The highest BCUT2D eigenvalue weighted by molar-refractivity contribution is 7.89. The standard InChI is InChI=1S/C19H23N3O5S/c1-13(2)10-20-19(23)22-15-4-6-16(7-5-15)28(24,25)21-11-14-3-8-17-18(9-14)27-12-26-17/h3-9,13,21H,10-12H2,1-2H3,(H2,20,22,23). The van der Waals surface area contributed by atoms with Crippen LogP contribution in [0.2, 0.25) is 0 Å². The SMILES string of the molecule is CC(C)CNC(=O)Nc1ccc(S(=O)(=O)NCc2ccc3c(c2)OCO3)cc1. The second-order valence-electron chi connectivity index (χ2n) is 6.77. The zero-order valence-corrected chi connectivity index (χ0v) is 16.5. The van der Waals surface area contributed by atoms with Gasteiger partial charge in [0.2, 0.25) is 16.8 Å². The van der Waals surface area contributed by atoms with Crippen molar-refractivity contribution < 1.29 is 22.7 Å². The van der Waals surface area contributed by atoms with E-state index in [1.54, 1.807) is 30.3 Å². The molecule has 28 heavy (non-hydrogen) atoms. The van der Waals surface area contributed by atoms with Gasteiger partial charge >= 0.3 is 6.03 Å². The van der Waals surface area contributed by atoms with Crippen molar-refractivity contribution in [1.82, 2.24) is 10.0 Å². The first-order valence-corrected chi connectivity index (χ1v) is 10.3. The maximum absolute atomic E-state index is 12.5. The summed E-state index contributed by atoms with van der Waals surface area (Å²) >= 11 is 0. The first-order valence-electron chi connectivity index (χ1n) is 8.86. The Morgan fingerprint density at radius 3 is 2.50 bits per heavy atom. The number of carbonyl (C=O) groups is 1. The quantitative estimate of drug-likeness (QED) is 0.657. The highest BCUT2D eigenvalue weighted by atomic mass is 32.2. The fourth-order valence-electron chi connectivity index (χ4n) is 2.50. The smallest absolute Gasteiger partial charge is 0.319 e. The molecule has 2 amide bonds. The first-order chi connectivity index (χ1) is 13.3.